The predicted octanol–water partition coefficient (Wildman–Crippen LogP) is 6.10. The first-order chi connectivity index (χ1) is 13.6. The van der Waals surface area contributed by atoms with Gasteiger partial charge in [-0.3, -0.25) is 0 Å². The average molecular weight is 373 g/mol. The summed E-state index contributed by atoms with van der Waals surface area (Å²) in [6.45, 7) is 3.93. The minimum Gasteiger partial charge on any atom is -0.497 e. The standard InChI is InChI=1S/C24H23NO3/c1-18-8-7-11-23(16-18)28-24(25-20-9-5-4-6-10-20)19(2)17-27-22-14-12-21(26-3)13-15-22/h4-17H,1-3H3/b19-17+,25-24?. The molecule has 0 spiro atoms. The van der Waals surface area contributed by atoms with Crippen LogP contribution in [0.4, 0.5) is 5.69 Å². The maximum Gasteiger partial charge on any atom is 0.225 e. The van der Waals surface area contributed by atoms with Gasteiger partial charge in [0.1, 0.15) is 17.2 Å². The Bertz CT molecular complexity index is 961. The highest BCUT2D eigenvalue weighted by Gasteiger charge is 2.08. The summed E-state index contributed by atoms with van der Waals surface area (Å²) in [5.74, 6) is 2.69. The van der Waals surface area contributed by atoms with Crippen LogP contribution in [0.1, 0.15) is 12.5 Å². The molecule has 28 heavy (non-hydrogen) atoms. The van der Waals surface area contributed by atoms with Crippen molar-refractivity contribution in [3.8, 4) is 17.2 Å². The van der Waals surface area contributed by atoms with Crippen LogP contribution in [0.25, 0.3) is 0 Å². The number of aryl methyl sites for hydroxylation is 1. The van der Waals surface area contributed by atoms with E-state index in [1.165, 1.54) is 0 Å². The first-order valence-electron chi connectivity index (χ1n) is 9.00. The van der Waals surface area contributed by atoms with Crippen LogP contribution in [0.3, 0.4) is 0 Å². The molecule has 0 fully saturated rings. The maximum absolute atomic E-state index is 6.07. The van der Waals surface area contributed by atoms with Gasteiger partial charge in [0.05, 0.1) is 19.1 Å². The van der Waals surface area contributed by atoms with E-state index in [4.69, 9.17) is 14.2 Å². The Kier molecular flexibility index (Phi) is 6.47. The molecule has 0 amide bonds. The lowest BCUT2D eigenvalue weighted by Crippen LogP contribution is -2.11. The topological polar surface area (TPSA) is 40.0 Å². The van der Waals surface area contributed by atoms with Gasteiger partial charge in [-0.1, -0.05) is 30.3 Å². The van der Waals surface area contributed by atoms with Crippen LogP contribution in [0, 0.1) is 6.92 Å². The number of rotatable bonds is 6. The van der Waals surface area contributed by atoms with Crippen LogP contribution in [-0.4, -0.2) is 13.0 Å². The quantitative estimate of drug-likeness (QED) is 0.298. The van der Waals surface area contributed by atoms with E-state index in [1.54, 1.807) is 13.4 Å². The third-order valence-corrected chi connectivity index (χ3v) is 3.96. The van der Waals surface area contributed by atoms with Crippen molar-refractivity contribution in [1.29, 1.82) is 0 Å². The van der Waals surface area contributed by atoms with E-state index in [9.17, 15) is 0 Å². The van der Waals surface area contributed by atoms with E-state index in [0.29, 0.717) is 11.6 Å². The first-order valence-corrected chi connectivity index (χ1v) is 9.00. The Morgan fingerprint density at radius 2 is 1.54 bits per heavy atom. The number of nitrogens with zero attached hydrogens (tertiary/aromatic N) is 1. The Labute approximate surface area is 165 Å². The lowest BCUT2D eigenvalue weighted by molar-refractivity contribution is 0.412. The fourth-order valence-corrected chi connectivity index (χ4v) is 2.46. The fraction of sp³-hybridized carbons (Fsp3) is 0.125. The molecule has 3 aromatic rings. The van der Waals surface area contributed by atoms with E-state index in [-0.39, 0.29) is 0 Å². The zero-order valence-corrected chi connectivity index (χ0v) is 16.3. The molecule has 0 atom stereocenters. The first kappa shape index (κ1) is 19.2. The molecule has 0 unspecified atom stereocenters. The molecule has 4 heteroatoms. The second-order valence-corrected chi connectivity index (χ2v) is 6.27. The van der Waals surface area contributed by atoms with Crippen LogP contribution in [-0.2, 0) is 0 Å². The van der Waals surface area contributed by atoms with Gasteiger partial charge in [0.2, 0.25) is 5.90 Å². The summed E-state index contributed by atoms with van der Waals surface area (Å²) >= 11 is 0. The number of methoxy groups -OCH3 is 1. The molecule has 0 aliphatic rings. The molecule has 0 N–H and O–H groups in total. The number of hydrogen-bond donors (Lipinski definition) is 0. The molecule has 0 aliphatic carbocycles. The fourth-order valence-electron chi connectivity index (χ4n) is 2.46. The van der Waals surface area contributed by atoms with Crippen LogP contribution in [0.5, 0.6) is 17.2 Å². The molecule has 4 nitrogen and oxygen atoms in total. The largest absolute Gasteiger partial charge is 0.497 e. The van der Waals surface area contributed by atoms with Crippen molar-refractivity contribution in [3.63, 3.8) is 0 Å². The molecule has 3 aromatic carbocycles. The van der Waals surface area contributed by atoms with Gasteiger partial charge >= 0.3 is 0 Å². The molecule has 0 radical (unpaired) electrons. The summed E-state index contributed by atoms with van der Waals surface area (Å²) in [5.41, 5.74) is 2.69. The van der Waals surface area contributed by atoms with Gasteiger partial charge in [-0.05, 0) is 67.9 Å². The Morgan fingerprint density at radius 1 is 0.821 bits per heavy atom. The molecule has 0 heterocycles. The smallest absolute Gasteiger partial charge is 0.225 e. The monoisotopic (exact) mass is 373 g/mol. The number of para-hydroxylation sites is 1. The average Bonchev–Trinajstić information content (AvgIpc) is 2.73. The van der Waals surface area contributed by atoms with E-state index in [0.717, 1.165) is 28.3 Å². The zero-order valence-electron chi connectivity index (χ0n) is 16.3. The zero-order chi connectivity index (χ0) is 19.8. The molecule has 0 aromatic heterocycles. The van der Waals surface area contributed by atoms with Gasteiger partial charge in [0, 0.05) is 5.57 Å². The van der Waals surface area contributed by atoms with Crippen molar-refractivity contribution < 1.29 is 14.2 Å². The van der Waals surface area contributed by atoms with Crippen LogP contribution in [0.2, 0.25) is 0 Å². The SMILES string of the molecule is COc1ccc(O/C=C(\C)C(=Nc2ccccc2)Oc2cccc(C)c2)cc1. The molecule has 0 bridgehead atoms. The van der Waals surface area contributed by atoms with Crippen molar-refractivity contribution in [2.45, 2.75) is 13.8 Å². The van der Waals surface area contributed by atoms with Gasteiger partial charge in [0.25, 0.3) is 0 Å². The summed E-state index contributed by atoms with van der Waals surface area (Å²) in [7, 11) is 1.63. The minimum absolute atomic E-state index is 0.477. The van der Waals surface area contributed by atoms with Gasteiger partial charge < -0.3 is 14.2 Å². The van der Waals surface area contributed by atoms with E-state index >= 15 is 0 Å². The van der Waals surface area contributed by atoms with Crippen molar-refractivity contribution in [1.82, 2.24) is 0 Å². The highest BCUT2D eigenvalue weighted by atomic mass is 16.5. The third-order valence-electron chi connectivity index (χ3n) is 3.96. The Balaban J connectivity index is 1.85. The van der Waals surface area contributed by atoms with Crippen LogP contribution >= 0.6 is 0 Å². The van der Waals surface area contributed by atoms with Crippen LogP contribution < -0.4 is 14.2 Å². The van der Waals surface area contributed by atoms with Gasteiger partial charge in [-0.25, -0.2) is 4.99 Å². The second-order valence-electron chi connectivity index (χ2n) is 6.27. The van der Waals surface area contributed by atoms with E-state index < -0.39 is 0 Å². The minimum atomic E-state index is 0.477. The maximum atomic E-state index is 6.07. The summed E-state index contributed by atoms with van der Waals surface area (Å²) in [5, 5.41) is 0. The summed E-state index contributed by atoms with van der Waals surface area (Å²) < 4.78 is 17.0. The number of benzene rings is 3. The van der Waals surface area contributed by atoms with Crippen molar-refractivity contribution in [3.05, 3.63) is 96.3 Å². The summed E-state index contributed by atoms with van der Waals surface area (Å²) in [6.07, 6.45) is 1.64. The molecule has 3 rings (SSSR count). The third kappa shape index (κ3) is 5.48. The van der Waals surface area contributed by atoms with Crippen molar-refractivity contribution in [2.24, 2.45) is 4.99 Å². The number of aliphatic imine (C=N–C) groups is 1. The molecular formula is C24H23NO3. The van der Waals surface area contributed by atoms with Gasteiger partial charge in [-0.2, -0.15) is 0 Å². The van der Waals surface area contributed by atoms with Crippen molar-refractivity contribution in [2.75, 3.05) is 7.11 Å². The normalized spacial score (nSPS) is 11.8. The predicted molar refractivity (Wildman–Crippen MR) is 113 cm³/mol. The summed E-state index contributed by atoms with van der Waals surface area (Å²) in [6, 6.07) is 24.9. The van der Waals surface area contributed by atoms with E-state index in [2.05, 4.69) is 4.99 Å². The number of hydrogen-bond acceptors (Lipinski definition) is 4. The Hall–Kier alpha value is -3.53. The Morgan fingerprint density at radius 3 is 2.21 bits per heavy atom. The van der Waals surface area contributed by atoms with Crippen molar-refractivity contribution >= 4 is 11.6 Å². The second kappa shape index (κ2) is 9.42. The molecule has 0 saturated carbocycles. The molecule has 0 saturated heterocycles. The highest BCUT2D eigenvalue weighted by molar-refractivity contribution is 5.96. The van der Waals surface area contributed by atoms with E-state index in [1.807, 2.05) is 92.7 Å². The summed E-state index contributed by atoms with van der Waals surface area (Å²) in [4.78, 5) is 4.65. The van der Waals surface area contributed by atoms with Gasteiger partial charge in [-0.15, -0.1) is 0 Å². The molecular weight excluding hydrogens is 350 g/mol. The molecule has 142 valence electrons. The van der Waals surface area contributed by atoms with Gasteiger partial charge in [0.15, 0.2) is 0 Å². The highest BCUT2D eigenvalue weighted by Crippen LogP contribution is 2.20. The number of ether oxygens (including phenoxy) is 3. The lowest BCUT2D eigenvalue weighted by atomic mass is 10.2. The lowest BCUT2D eigenvalue weighted by Gasteiger charge is -2.11. The van der Waals surface area contributed by atoms with Crippen LogP contribution in [0.15, 0.2) is 95.7 Å². The molecule has 0 aliphatic heterocycles.